The Morgan fingerprint density at radius 2 is 1.39 bits per heavy atom. The van der Waals surface area contributed by atoms with E-state index < -0.39 is 7.60 Å². The van der Waals surface area contributed by atoms with Crippen LogP contribution in [-0.2, 0) is 11.0 Å². The van der Waals surface area contributed by atoms with Gasteiger partial charge in [0.05, 0.1) is 17.5 Å². The molecule has 0 atom stereocenters. The van der Waals surface area contributed by atoms with Crippen molar-refractivity contribution in [3.63, 3.8) is 0 Å². The molecule has 1 heterocycles. The summed E-state index contributed by atoms with van der Waals surface area (Å²) in [6, 6.07) is 20.9. The minimum atomic E-state index is -3.98. The molecule has 0 saturated carbocycles. The highest BCUT2D eigenvalue weighted by molar-refractivity contribution is 7.99. The number of nitrogens with zero attached hydrogens (tertiary/aromatic N) is 1. The molecule has 0 aromatic heterocycles. The van der Waals surface area contributed by atoms with Crippen LogP contribution in [0.1, 0.15) is 16.7 Å². The predicted molar refractivity (Wildman–Crippen MR) is 115 cm³/mol. The summed E-state index contributed by atoms with van der Waals surface area (Å²) in [7, 11) is -3.98. The zero-order valence-corrected chi connectivity index (χ0v) is 17.5. The van der Waals surface area contributed by atoms with Crippen molar-refractivity contribution in [2.45, 2.75) is 30.1 Å². The fourth-order valence-electron chi connectivity index (χ4n) is 3.39. The third-order valence-electron chi connectivity index (χ3n) is 4.82. The van der Waals surface area contributed by atoms with Gasteiger partial charge >= 0.3 is 7.60 Å². The first-order chi connectivity index (χ1) is 13.3. The van der Waals surface area contributed by atoms with E-state index in [1.54, 1.807) is 11.8 Å². The van der Waals surface area contributed by atoms with E-state index in [1.807, 2.05) is 24.3 Å². The lowest BCUT2D eigenvalue weighted by molar-refractivity contribution is 0.373. The van der Waals surface area contributed by atoms with E-state index in [9.17, 15) is 4.57 Å². The van der Waals surface area contributed by atoms with Crippen LogP contribution in [0.4, 0.5) is 17.1 Å². The average Bonchev–Trinajstić information content (AvgIpc) is 2.64. The minimum Gasteiger partial charge on any atom is -0.324 e. The molecule has 1 aliphatic heterocycles. The summed E-state index contributed by atoms with van der Waals surface area (Å²) in [5.41, 5.74) is 6.72. The standard InChI is InChI=1S/C22H22NO3PS/c1-15-3-9-19-21(13-15)28-22-14-16(2)4-10-20(22)23(19)18-7-5-17(6-8-18)11-12-27(24,25)26/h3-10,13-14H,11-12H2,1-2H3,(H2,24,25,26). The molecule has 4 rings (SSSR count). The second-order valence-electron chi connectivity index (χ2n) is 7.18. The van der Waals surface area contributed by atoms with Gasteiger partial charge in [0.15, 0.2) is 0 Å². The highest BCUT2D eigenvalue weighted by atomic mass is 32.2. The highest BCUT2D eigenvalue weighted by Crippen LogP contribution is 2.51. The first-order valence-corrected chi connectivity index (χ1v) is 11.7. The molecule has 0 fully saturated rings. The van der Waals surface area contributed by atoms with E-state index in [0.717, 1.165) is 22.6 Å². The van der Waals surface area contributed by atoms with Crippen LogP contribution in [0, 0.1) is 13.8 Å². The van der Waals surface area contributed by atoms with E-state index in [1.165, 1.54) is 20.9 Å². The fraction of sp³-hybridized carbons (Fsp3) is 0.182. The second kappa shape index (κ2) is 7.41. The van der Waals surface area contributed by atoms with Crippen molar-refractivity contribution in [1.82, 2.24) is 0 Å². The fourth-order valence-corrected chi connectivity index (χ4v) is 5.19. The van der Waals surface area contributed by atoms with Crippen molar-refractivity contribution in [3.05, 3.63) is 77.4 Å². The number of rotatable bonds is 4. The first kappa shape index (κ1) is 19.3. The zero-order valence-electron chi connectivity index (χ0n) is 15.8. The maximum absolute atomic E-state index is 11.1. The van der Waals surface area contributed by atoms with E-state index in [0.29, 0.717) is 6.42 Å². The molecule has 0 saturated heterocycles. The van der Waals surface area contributed by atoms with Gasteiger partial charge in [-0.25, -0.2) is 0 Å². The van der Waals surface area contributed by atoms with Gasteiger partial charge in [0.2, 0.25) is 0 Å². The van der Waals surface area contributed by atoms with Crippen LogP contribution in [0.3, 0.4) is 0 Å². The van der Waals surface area contributed by atoms with Crippen molar-refractivity contribution < 1.29 is 14.4 Å². The van der Waals surface area contributed by atoms with Crippen molar-refractivity contribution in [3.8, 4) is 0 Å². The summed E-state index contributed by atoms with van der Waals surface area (Å²) < 4.78 is 11.1. The van der Waals surface area contributed by atoms with Crippen LogP contribution in [0.5, 0.6) is 0 Å². The second-order valence-corrected chi connectivity index (χ2v) is 10.0. The summed E-state index contributed by atoms with van der Waals surface area (Å²) in [6.07, 6.45) is 0.239. The lowest BCUT2D eigenvalue weighted by atomic mass is 10.1. The molecule has 4 nitrogen and oxygen atoms in total. The molecule has 3 aromatic rings. The predicted octanol–water partition coefficient (Wildman–Crippen LogP) is 5.96. The molecule has 0 bridgehead atoms. The Kier molecular flexibility index (Phi) is 5.11. The Hall–Kier alpha value is -2.04. The van der Waals surface area contributed by atoms with Gasteiger partial charge in [-0.15, -0.1) is 0 Å². The molecule has 0 amide bonds. The lowest BCUT2D eigenvalue weighted by Crippen LogP contribution is -2.15. The third kappa shape index (κ3) is 4.03. The molecule has 1 aliphatic rings. The van der Waals surface area contributed by atoms with Gasteiger partial charge in [0.1, 0.15) is 0 Å². The van der Waals surface area contributed by atoms with Gasteiger partial charge in [-0.1, -0.05) is 36.0 Å². The van der Waals surface area contributed by atoms with Gasteiger partial charge in [0, 0.05) is 15.5 Å². The van der Waals surface area contributed by atoms with Crippen molar-refractivity contribution >= 4 is 36.4 Å². The maximum atomic E-state index is 11.1. The van der Waals surface area contributed by atoms with Gasteiger partial charge < -0.3 is 14.7 Å². The van der Waals surface area contributed by atoms with E-state index in [2.05, 4.69) is 55.1 Å². The van der Waals surface area contributed by atoms with Gasteiger partial charge in [-0.3, -0.25) is 4.57 Å². The van der Waals surface area contributed by atoms with Crippen LogP contribution in [0.25, 0.3) is 0 Å². The van der Waals surface area contributed by atoms with Gasteiger partial charge in [-0.2, -0.15) is 0 Å². The number of hydrogen-bond donors (Lipinski definition) is 2. The zero-order chi connectivity index (χ0) is 19.9. The SMILES string of the molecule is Cc1ccc2c(c1)Sc1cc(C)ccc1N2c1ccc(CCP(=O)(O)O)cc1. The number of benzene rings is 3. The molecule has 2 N–H and O–H groups in total. The smallest absolute Gasteiger partial charge is 0.324 e. The van der Waals surface area contributed by atoms with Crippen molar-refractivity contribution in [1.29, 1.82) is 0 Å². The number of aryl methyl sites for hydroxylation is 3. The van der Waals surface area contributed by atoms with Crippen molar-refractivity contribution in [2.75, 3.05) is 11.1 Å². The van der Waals surface area contributed by atoms with E-state index >= 15 is 0 Å². The third-order valence-corrected chi connectivity index (χ3v) is 6.72. The Bertz CT molecular complexity index is 1020. The van der Waals surface area contributed by atoms with Crippen LogP contribution < -0.4 is 4.90 Å². The first-order valence-electron chi connectivity index (χ1n) is 9.13. The molecule has 0 unspecified atom stereocenters. The maximum Gasteiger partial charge on any atom is 0.325 e. The summed E-state index contributed by atoms with van der Waals surface area (Å²) in [5, 5.41) is 0. The topological polar surface area (TPSA) is 60.8 Å². The molecular weight excluding hydrogens is 389 g/mol. The van der Waals surface area contributed by atoms with Crippen LogP contribution >= 0.6 is 19.4 Å². The average molecular weight is 411 g/mol. The Morgan fingerprint density at radius 3 is 1.89 bits per heavy atom. The van der Waals surface area contributed by atoms with Crippen molar-refractivity contribution in [2.24, 2.45) is 0 Å². The molecule has 0 aliphatic carbocycles. The van der Waals surface area contributed by atoms with E-state index in [4.69, 9.17) is 9.79 Å². The monoisotopic (exact) mass is 411 g/mol. The molecule has 3 aromatic carbocycles. The largest absolute Gasteiger partial charge is 0.325 e. The number of anilines is 3. The van der Waals surface area contributed by atoms with Gasteiger partial charge in [-0.05, 0) is 73.4 Å². The highest BCUT2D eigenvalue weighted by Gasteiger charge is 2.25. The quantitative estimate of drug-likeness (QED) is 0.406. The molecule has 28 heavy (non-hydrogen) atoms. The molecule has 0 radical (unpaired) electrons. The van der Waals surface area contributed by atoms with Crippen LogP contribution in [0.15, 0.2) is 70.5 Å². The number of fused-ring (bicyclic) bond motifs is 2. The summed E-state index contributed by atoms with van der Waals surface area (Å²) in [5.74, 6) is 0. The summed E-state index contributed by atoms with van der Waals surface area (Å²) in [6.45, 7) is 4.21. The normalized spacial score (nSPS) is 13.2. The van der Waals surface area contributed by atoms with Gasteiger partial charge in [0.25, 0.3) is 0 Å². The van der Waals surface area contributed by atoms with Crippen LogP contribution in [-0.4, -0.2) is 15.9 Å². The Morgan fingerprint density at radius 1 is 0.857 bits per heavy atom. The Balaban J connectivity index is 1.74. The molecule has 144 valence electrons. The summed E-state index contributed by atoms with van der Waals surface area (Å²) in [4.78, 5) is 22.9. The Labute approximate surface area is 169 Å². The molecular formula is C22H22NO3PS. The van der Waals surface area contributed by atoms with Crippen LogP contribution in [0.2, 0.25) is 0 Å². The lowest BCUT2D eigenvalue weighted by Gasteiger charge is -2.33. The summed E-state index contributed by atoms with van der Waals surface area (Å²) >= 11 is 1.79. The van der Waals surface area contributed by atoms with E-state index in [-0.39, 0.29) is 6.16 Å². The number of hydrogen-bond acceptors (Lipinski definition) is 3. The molecule has 6 heteroatoms. The minimum absolute atomic E-state index is 0.128. The molecule has 0 spiro atoms.